The number of nitrogens with zero attached hydrogens (tertiary/aromatic N) is 1. The molecule has 0 aliphatic carbocycles. The van der Waals surface area contributed by atoms with E-state index in [1.807, 2.05) is 30.3 Å². The number of hydrogen-bond acceptors (Lipinski definition) is 4. The second-order valence-electron chi connectivity index (χ2n) is 5.27. The van der Waals surface area contributed by atoms with Gasteiger partial charge in [0.2, 0.25) is 0 Å². The van der Waals surface area contributed by atoms with Crippen LogP contribution in [0.2, 0.25) is 0 Å². The molecule has 1 atom stereocenters. The van der Waals surface area contributed by atoms with Gasteiger partial charge in [-0.05, 0) is 17.7 Å². The van der Waals surface area contributed by atoms with Crippen molar-refractivity contribution in [3.63, 3.8) is 0 Å². The quantitative estimate of drug-likeness (QED) is 0.640. The van der Waals surface area contributed by atoms with Crippen LogP contribution in [0.15, 0.2) is 58.3 Å². The summed E-state index contributed by atoms with van der Waals surface area (Å²) in [6, 6.07) is 14.0. The van der Waals surface area contributed by atoms with E-state index >= 15 is 0 Å². The summed E-state index contributed by atoms with van der Waals surface area (Å²) < 4.78 is 0. The van der Waals surface area contributed by atoms with Crippen LogP contribution in [0.1, 0.15) is 22.7 Å². The maximum Gasteiger partial charge on any atom is 0.257 e. The predicted molar refractivity (Wildman–Crippen MR) is 85.2 cm³/mol. The lowest BCUT2D eigenvalue weighted by Gasteiger charge is -2.12. The molecule has 4 rings (SSSR count). The summed E-state index contributed by atoms with van der Waals surface area (Å²) >= 11 is 0. The number of aromatic amines is 1. The van der Waals surface area contributed by atoms with Crippen molar-refractivity contribution in [1.29, 1.82) is 0 Å². The second-order valence-corrected chi connectivity index (χ2v) is 5.27. The van der Waals surface area contributed by atoms with Gasteiger partial charge in [0.1, 0.15) is 17.6 Å². The zero-order valence-electron chi connectivity index (χ0n) is 11.6. The van der Waals surface area contributed by atoms with Crippen LogP contribution in [-0.4, -0.2) is 15.9 Å². The van der Waals surface area contributed by atoms with Crippen LogP contribution >= 0.6 is 0 Å². The topological polar surface area (TPSA) is 91.5 Å². The molecular formula is C17H13N3O2. The van der Waals surface area contributed by atoms with Gasteiger partial charge in [0.25, 0.3) is 5.56 Å². The molecular weight excluding hydrogens is 278 g/mol. The smallest absolute Gasteiger partial charge is 0.257 e. The average molecular weight is 291 g/mol. The zero-order valence-corrected chi connectivity index (χ0v) is 11.6. The van der Waals surface area contributed by atoms with Gasteiger partial charge < -0.3 is 15.8 Å². The van der Waals surface area contributed by atoms with Crippen molar-refractivity contribution in [3.05, 3.63) is 75.6 Å². The lowest BCUT2D eigenvalue weighted by molar-refractivity contribution is 0.470. The Morgan fingerprint density at radius 1 is 1.09 bits per heavy atom. The molecule has 0 saturated carbocycles. The number of para-hydroxylation sites is 1. The Bertz CT molecular complexity index is 989. The van der Waals surface area contributed by atoms with E-state index < -0.39 is 6.04 Å². The van der Waals surface area contributed by atoms with Crippen LogP contribution in [0.3, 0.4) is 0 Å². The van der Waals surface area contributed by atoms with Gasteiger partial charge in [-0.25, -0.2) is 0 Å². The Morgan fingerprint density at radius 3 is 2.68 bits per heavy atom. The van der Waals surface area contributed by atoms with Crippen LogP contribution < -0.4 is 11.3 Å². The van der Waals surface area contributed by atoms with Crippen molar-refractivity contribution in [2.45, 2.75) is 6.04 Å². The summed E-state index contributed by atoms with van der Waals surface area (Å²) in [7, 11) is 0. The summed E-state index contributed by atoms with van der Waals surface area (Å²) in [4.78, 5) is 19.6. The summed E-state index contributed by atoms with van der Waals surface area (Å²) in [6.45, 7) is 0. The molecule has 0 bridgehead atoms. The van der Waals surface area contributed by atoms with Crippen molar-refractivity contribution >= 4 is 16.7 Å². The van der Waals surface area contributed by atoms with E-state index in [9.17, 15) is 9.90 Å². The number of aromatic hydroxyl groups is 1. The highest BCUT2D eigenvalue weighted by atomic mass is 16.3. The minimum atomic E-state index is -0.579. The highest BCUT2D eigenvalue weighted by Gasteiger charge is 2.29. The standard InChI is InChI=1S/C17H13N3O2/c18-16-10-6-2-1-5-9(10)14(20-16)13-15(21)11-7-3-4-8-12(11)19-17(13)22/h1-8,14H,(H2,18,20)(H2,19,21,22). The first-order valence-corrected chi connectivity index (χ1v) is 6.93. The zero-order chi connectivity index (χ0) is 15.3. The molecule has 5 nitrogen and oxygen atoms in total. The summed E-state index contributed by atoms with van der Waals surface area (Å²) in [6.07, 6.45) is 0. The van der Waals surface area contributed by atoms with Gasteiger partial charge in [0, 0.05) is 10.9 Å². The molecule has 5 heteroatoms. The van der Waals surface area contributed by atoms with Gasteiger partial charge >= 0.3 is 0 Å². The van der Waals surface area contributed by atoms with Gasteiger partial charge in [-0.15, -0.1) is 0 Å². The van der Waals surface area contributed by atoms with Crippen molar-refractivity contribution in [3.8, 4) is 5.75 Å². The van der Waals surface area contributed by atoms with Crippen LogP contribution in [0.5, 0.6) is 5.75 Å². The van der Waals surface area contributed by atoms with Crippen LogP contribution in [0.4, 0.5) is 0 Å². The largest absolute Gasteiger partial charge is 0.507 e. The van der Waals surface area contributed by atoms with Gasteiger partial charge in [-0.1, -0.05) is 36.4 Å². The van der Waals surface area contributed by atoms with E-state index in [-0.39, 0.29) is 16.9 Å². The molecule has 2 aromatic carbocycles. The highest BCUT2D eigenvalue weighted by molar-refractivity contribution is 6.02. The fourth-order valence-corrected chi connectivity index (χ4v) is 2.96. The van der Waals surface area contributed by atoms with Gasteiger partial charge in [-0.2, -0.15) is 0 Å². The highest BCUT2D eigenvalue weighted by Crippen LogP contribution is 2.38. The number of hydrogen-bond donors (Lipinski definition) is 3. The molecule has 1 aliphatic heterocycles. The van der Waals surface area contributed by atoms with Crippen LogP contribution in [0, 0.1) is 0 Å². The van der Waals surface area contributed by atoms with E-state index in [1.54, 1.807) is 18.2 Å². The fraction of sp³-hybridized carbons (Fsp3) is 0.0588. The predicted octanol–water partition coefficient (Wildman–Crippen LogP) is 2.04. The van der Waals surface area contributed by atoms with Gasteiger partial charge in [0.15, 0.2) is 0 Å². The summed E-state index contributed by atoms with van der Waals surface area (Å²) in [5.74, 6) is 0.338. The lowest BCUT2D eigenvalue weighted by atomic mass is 9.96. The van der Waals surface area contributed by atoms with E-state index in [1.165, 1.54) is 0 Å². The molecule has 3 aromatic rings. The number of aliphatic imine (C=N–C) groups is 1. The molecule has 4 N–H and O–H groups in total. The molecule has 1 unspecified atom stereocenters. The molecule has 1 aliphatic rings. The molecule has 0 spiro atoms. The number of pyridine rings is 1. The number of rotatable bonds is 1. The number of amidine groups is 1. The number of nitrogens with one attached hydrogen (secondary N) is 1. The van der Waals surface area contributed by atoms with Crippen molar-refractivity contribution in [2.75, 3.05) is 0 Å². The number of nitrogens with two attached hydrogens (primary N) is 1. The van der Waals surface area contributed by atoms with Crippen molar-refractivity contribution in [2.24, 2.45) is 10.7 Å². The van der Waals surface area contributed by atoms with E-state index in [2.05, 4.69) is 9.98 Å². The fourth-order valence-electron chi connectivity index (χ4n) is 2.96. The SMILES string of the molecule is NC1=NC(c2c(O)c3ccccc3[nH]c2=O)c2ccccc21. The van der Waals surface area contributed by atoms with Crippen LogP contribution in [0.25, 0.3) is 10.9 Å². The lowest BCUT2D eigenvalue weighted by Crippen LogP contribution is -2.16. The van der Waals surface area contributed by atoms with E-state index in [4.69, 9.17) is 5.73 Å². The molecule has 0 radical (unpaired) electrons. The summed E-state index contributed by atoms with van der Waals surface area (Å²) in [5.41, 5.74) is 8.05. The number of benzene rings is 2. The van der Waals surface area contributed by atoms with Crippen LogP contribution in [-0.2, 0) is 0 Å². The normalized spacial score (nSPS) is 16.5. The van der Waals surface area contributed by atoms with Crippen molar-refractivity contribution < 1.29 is 5.11 Å². The Balaban J connectivity index is 2.02. The third-order valence-electron chi connectivity index (χ3n) is 4.00. The Kier molecular flexibility index (Phi) is 2.56. The Morgan fingerprint density at radius 2 is 1.82 bits per heavy atom. The minimum absolute atomic E-state index is 0.0439. The first kappa shape index (κ1) is 12.6. The first-order valence-electron chi connectivity index (χ1n) is 6.93. The number of aromatic nitrogens is 1. The third kappa shape index (κ3) is 1.65. The maximum atomic E-state index is 12.4. The Labute approximate surface area is 125 Å². The molecule has 0 saturated heterocycles. The molecule has 0 fully saturated rings. The van der Waals surface area contributed by atoms with E-state index in [0.717, 1.165) is 11.1 Å². The minimum Gasteiger partial charge on any atom is -0.507 e. The molecule has 108 valence electrons. The van der Waals surface area contributed by atoms with Gasteiger partial charge in [0.05, 0.1) is 11.1 Å². The second kappa shape index (κ2) is 4.46. The Hall–Kier alpha value is -3.08. The monoisotopic (exact) mass is 291 g/mol. The van der Waals surface area contributed by atoms with Gasteiger partial charge in [-0.3, -0.25) is 9.79 Å². The molecule has 22 heavy (non-hydrogen) atoms. The first-order chi connectivity index (χ1) is 10.7. The summed E-state index contributed by atoms with van der Waals surface area (Å²) in [5, 5.41) is 11.2. The van der Waals surface area contributed by atoms with E-state index in [0.29, 0.717) is 16.7 Å². The number of fused-ring (bicyclic) bond motifs is 2. The third-order valence-corrected chi connectivity index (χ3v) is 4.00. The molecule has 2 heterocycles. The average Bonchev–Trinajstić information content (AvgIpc) is 2.85. The molecule has 0 amide bonds. The molecule has 1 aromatic heterocycles. The maximum absolute atomic E-state index is 12.4. The van der Waals surface area contributed by atoms with Crippen molar-refractivity contribution in [1.82, 2.24) is 4.98 Å². The number of H-pyrrole nitrogens is 1.